The number of carbonyl (C=O) groups is 2. The van der Waals surface area contributed by atoms with Gasteiger partial charge in [0.05, 0.1) is 0 Å². The van der Waals surface area contributed by atoms with Gasteiger partial charge in [-0.1, -0.05) is 6.42 Å². The average molecular weight is 225 g/mol. The topological polar surface area (TPSA) is 37.4 Å². The lowest BCUT2D eigenvalue weighted by molar-refractivity contribution is -0.138. The van der Waals surface area contributed by atoms with E-state index in [1.165, 1.54) is 17.4 Å². The average Bonchev–Trinajstić information content (AvgIpc) is 2.37. The molecule has 82 valence electrons. The van der Waals surface area contributed by atoms with Crippen molar-refractivity contribution < 1.29 is 9.59 Å². The van der Waals surface area contributed by atoms with Crippen LogP contribution in [0, 0.1) is 0 Å². The van der Waals surface area contributed by atoms with Gasteiger partial charge in [-0.05, 0) is 26.0 Å². The third-order valence-corrected chi connectivity index (χ3v) is 4.74. The van der Waals surface area contributed by atoms with Crippen molar-refractivity contribution in [2.24, 2.45) is 0 Å². The highest BCUT2D eigenvalue weighted by molar-refractivity contribution is 8.00. The van der Waals surface area contributed by atoms with Gasteiger partial charge in [-0.2, -0.15) is 11.8 Å². The summed E-state index contributed by atoms with van der Waals surface area (Å²) >= 11 is 1.78. The van der Waals surface area contributed by atoms with Gasteiger partial charge in [0.25, 0.3) is 11.8 Å². The number of rotatable bonds is 3. The van der Waals surface area contributed by atoms with Gasteiger partial charge in [-0.15, -0.1) is 0 Å². The maximum absolute atomic E-state index is 11.7. The van der Waals surface area contributed by atoms with E-state index < -0.39 is 0 Å². The summed E-state index contributed by atoms with van der Waals surface area (Å²) in [4.78, 5) is 24.6. The third kappa shape index (κ3) is 1.71. The molecule has 2 aliphatic rings. The zero-order valence-electron chi connectivity index (χ0n) is 9.08. The molecule has 1 aliphatic heterocycles. The maximum Gasteiger partial charge on any atom is 0.256 e. The number of carbonyl (C=O) groups excluding carboxylic acids is 2. The van der Waals surface area contributed by atoms with Gasteiger partial charge >= 0.3 is 0 Å². The molecule has 4 heteroatoms. The van der Waals surface area contributed by atoms with E-state index in [1.54, 1.807) is 18.7 Å². The van der Waals surface area contributed by atoms with Gasteiger partial charge in [-0.3, -0.25) is 14.5 Å². The molecule has 0 bridgehead atoms. The summed E-state index contributed by atoms with van der Waals surface area (Å²) in [5, 5.41) is 0. The number of thioether (sulfide) groups is 1. The van der Waals surface area contributed by atoms with Crippen LogP contribution in [0.15, 0.2) is 11.6 Å². The smallest absolute Gasteiger partial charge is 0.256 e. The summed E-state index contributed by atoms with van der Waals surface area (Å²) in [7, 11) is 0. The largest absolute Gasteiger partial charge is 0.274 e. The molecule has 2 rings (SSSR count). The first-order valence-corrected chi connectivity index (χ1v) is 6.40. The zero-order chi connectivity index (χ0) is 11.1. The van der Waals surface area contributed by atoms with Crippen LogP contribution < -0.4 is 0 Å². The van der Waals surface area contributed by atoms with Crippen molar-refractivity contribution in [2.45, 2.75) is 30.9 Å². The fraction of sp³-hybridized carbons (Fsp3) is 0.636. The first kappa shape index (κ1) is 10.7. The Labute approximate surface area is 93.9 Å². The van der Waals surface area contributed by atoms with Crippen molar-refractivity contribution in [3.05, 3.63) is 11.6 Å². The number of hydrogen-bond donors (Lipinski definition) is 0. The summed E-state index contributed by atoms with van der Waals surface area (Å²) in [6.07, 6.45) is 6.94. The van der Waals surface area contributed by atoms with Gasteiger partial charge in [0.2, 0.25) is 0 Å². The standard InChI is InChI=1S/C11H15NO2S/c1-8-6-9(13)12(10(8)14)7-11(15-2)4-3-5-11/h6H,3-5,7H2,1-2H3. The van der Waals surface area contributed by atoms with Crippen LogP contribution in [0.5, 0.6) is 0 Å². The molecule has 0 aromatic heterocycles. The lowest BCUT2D eigenvalue weighted by Gasteiger charge is -2.42. The number of amides is 2. The van der Waals surface area contributed by atoms with Gasteiger partial charge in [0.15, 0.2) is 0 Å². The zero-order valence-corrected chi connectivity index (χ0v) is 9.89. The molecule has 0 aromatic rings. The Morgan fingerprint density at radius 2 is 2.13 bits per heavy atom. The Balaban J connectivity index is 2.07. The molecule has 1 heterocycles. The van der Waals surface area contributed by atoms with Crippen LogP contribution in [0.2, 0.25) is 0 Å². The van der Waals surface area contributed by atoms with E-state index >= 15 is 0 Å². The van der Waals surface area contributed by atoms with E-state index in [2.05, 4.69) is 6.26 Å². The molecule has 0 saturated heterocycles. The van der Waals surface area contributed by atoms with Crippen LogP contribution in [0.3, 0.4) is 0 Å². The molecule has 1 saturated carbocycles. The third-order valence-electron chi connectivity index (χ3n) is 3.33. The molecule has 0 radical (unpaired) electrons. The number of hydrogen-bond acceptors (Lipinski definition) is 3. The van der Waals surface area contributed by atoms with Crippen LogP contribution in [0.1, 0.15) is 26.2 Å². The van der Waals surface area contributed by atoms with Crippen molar-refractivity contribution in [3.63, 3.8) is 0 Å². The Hall–Kier alpha value is -0.770. The lowest BCUT2D eigenvalue weighted by Crippen LogP contribution is -2.47. The predicted octanol–water partition coefficient (Wildman–Crippen LogP) is 1.59. The Bertz CT molecular complexity index is 339. The molecule has 0 atom stereocenters. The first-order chi connectivity index (χ1) is 7.08. The monoisotopic (exact) mass is 225 g/mol. The minimum absolute atomic E-state index is 0.111. The number of nitrogens with zero attached hydrogens (tertiary/aromatic N) is 1. The second-order valence-electron chi connectivity index (χ2n) is 4.30. The second kappa shape index (κ2) is 3.67. The highest BCUT2D eigenvalue weighted by Crippen LogP contribution is 2.43. The highest BCUT2D eigenvalue weighted by atomic mass is 32.2. The minimum Gasteiger partial charge on any atom is -0.274 e. The molecule has 0 aromatic carbocycles. The SMILES string of the molecule is CSC1(CN2C(=O)C=C(C)C2=O)CCC1. The van der Waals surface area contributed by atoms with Gasteiger partial charge in [0, 0.05) is 22.9 Å². The fourth-order valence-electron chi connectivity index (χ4n) is 2.07. The van der Waals surface area contributed by atoms with E-state index in [1.807, 2.05) is 0 Å². The molecule has 1 aliphatic carbocycles. The van der Waals surface area contributed by atoms with E-state index in [9.17, 15) is 9.59 Å². The van der Waals surface area contributed by atoms with Crippen LogP contribution in [0.4, 0.5) is 0 Å². The Kier molecular flexibility index (Phi) is 2.63. The van der Waals surface area contributed by atoms with Crippen molar-refractivity contribution in [3.8, 4) is 0 Å². The molecule has 0 spiro atoms. The molecular weight excluding hydrogens is 210 g/mol. The fourth-order valence-corrected chi connectivity index (χ4v) is 3.03. The summed E-state index contributed by atoms with van der Waals surface area (Å²) in [6.45, 7) is 2.28. The van der Waals surface area contributed by atoms with E-state index in [0.29, 0.717) is 12.1 Å². The summed E-state index contributed by atoms with van der Waals surface area (Å²) in [5.74, 6) is -0.252. The van der Waals surface area contributed by atoms with Crippen molar-refractivity contribution in [2.75, 3.05) is 12.8 Å². The van der Waals surface area contributed by atoms with Crippen LogP contribution in [0.25, 0.3) is 0 Å². The van der Waals surface area contributed by atoms with E-state index in [-0.39, 0.29) is 16.6 Å². The summed E-state index contributed by atoms with van der Waals surface area (Å²) in [5.41, 5.74) is 0.565. The van der Waals surface area contributed by atoms with E-state index in [4.69, 9.17) is 0 Å². The molecular formula is C11H15NO2S. The minimum atomic E-state index is -0.141. The molecule has 0 unspecified atom stereocenters. The maximum atomic E-state index is 11.7. The van der Waals surface area contributed by atoms with Gasteiger partial charge in [0.1, 0.15) is 0 Å². The molecule has 3 nitrogen and oxygen atoms in total. The normalized spacial score (nSPS) is 24.1. The first-order valence-electron chi connectivity index (χ1n) is 5.17. The second-order valence-corrected chi connectivity index (χ2v) is 5.57. The van der Waals surface area contributed by atoms with Crippen molar-refractivity contribution in [1.82, 2.24) is 4.90 Å². The van der Waals surface area contributed by atoms with Crippen molar-refractivity contribution in [1.29, 1.82) is 0 Å². The quantitative estimate of drug-likeness (QED) is 0.684. The van der Waals surface area contributed by atoms with Crippen LogP contribution >= 0.6 is 11.8 Å². The molecule has 1 fully saturated rings. The number of imide groups is 1. The lowest BCUT2D eigenvalue weighted by atomic mass is 9.84. The Morgan fingerprint density at radius 3 is 2.47 bits per heavy atom. The van der Waals surface area contributed by atoms with Crippen molar-refractivity contribution >= 4 is 23.6 Å². The summed E-state index contributed by atoms with van der Waals surface area (Å²) in [6, 6.07) is 0. The molecule has 15 heavy (non-hydrogen) atoms. The van der Waals surface area contributed by atoms with Gasteiger partial charge < -0.3 is 0 Å². The predicted molar refractivity (Wildman–Crippen MR) is 60.6 cm³/mol. The molecule has 2 amide bonds. The van der Waals surface area contributed by atoms with E-state index in [0.717, 1.165) is 12.8 Å². The van der Waals surface area contributed by atoms with Crippen LogP contribution in [-0.2, 0) is 9.59 Å². The molecule has 0 N–H and O–H groups in total. The van der Waals surface area contributed by atoms with Gasteiger partial charge in [-0.25, -0.2) is 0 Å². The van der Waals surface area contributed by atoms with Crippen LogP contribution in [-0.4, -0.2) is 34.3 Å². The Morgan fingerprint density at radius 1 is 1.47 bits per heavy atom. The summed E-state index contributed by atoms with van der Waals surface area (Å²) < 4.78 is 0.143. The highest BCUT2D eigenvalue weighted by Gasteiger charge is 2.42.